The van der Waals surface area contributed by atoms with Crippen LogP contribution in [0.3, 0.4) is 0 Å². The van der Waals surface area contributed by atoms with E-state index in [1.165, 1.54) is 0 Å². The van der Waals surface area contributed by atoms with Gasteiger partial charge < -0.3 is 40.6 Å². The normalized spacial score (nSPS) is 14.1. The summed E-state index contributed by atoms with van der Waals surface area (Å²) in [6.07, 6.45) is 0. The maximum absolute atomic E-state index is 10.0. The van der Waals surface area contributed by atoms with Crippen molar-refractivity contribution >= 4 is 23.0 Å². The van der Waals surface area contributed by atoms with Crippen LogP contribution in [-0.4, -0.2) is 67.7 Å². The average Bonchev–Trinajstić information content (AvgIpc) is 3.18. The number of nitrogens with two attached hydrogens (primary N) is 2. The summed E-state index contributed by atoms with van der Waals surface area (Å²) in [5, 5.41) is 29.0. The summed E-state index contributed by atoms with van der Waals surface area (Å²) in [7, 11) is 0. The van der Waals surface area contributed by atoms with Gasteiger partial charge in [0.25, 0.3) is 0 Å². The van der Waals surface area contributed by atoms with Crippen molar-refractivity contribution < 1.29 is 19.3 Å². The van der Waals surface area contributed by atoms with E-state index in [0.29, 0.717) is 87.3 Å². The third kappa shape index (κ3) is 8.11. The summed E-state index contributed by atoms with van der Waals surface area (Å²) in [4.78, 5) is 13.0. The molecule has 0 amide bonds. The Morgan fingerprint density at radius 3 is 1.67 bits per heavy atom. The summed E-state index contributed by atoms with van der Waals surface area (Å²) < 4.78 is 16.9. The Morgan fingerprint density at radius 1 is 0.667 bits per heavy atom. The van der Waals surface area contributed by atoms with Crippen molar-refractivity contribution in [1.82, 2.24) is 9.97 Å². The van der Waals surface area contributed by atoms with Crippen LogP contribution in [0.5, 0.6) is 11.5 Å². The molecular weight excluding hydrogens is 644 g/mol. The minimum absolute atomic E-state index is 0.132. The highest BCUT2D eigenvalue weighted by Gasteiger charge is 2.22. The number of para-hydroxylation sites is 2. The van der Waals surface area contributed by atoms with Crippen LogP contribution in [0.4, 0.5) is 23.0 Å². The summed E-state index contributed by atoms with van der Waals surface area (Å²) in [5.74, 6) is 1.25. The molecule has 0 atom stereocenters. The zero-order chi connectivity index (χ0) is 35.6. The summed E-state index contributed by atoms with van der Waals surface area (Å²) in [6.45, 7) is 5.74. The molecule has 0 radical (unpaired) electrons. The van der Waals surface area contributed by atoms with Crippen LogP contribution in [-0.2, 0) is 16.1 Å². The van der Waals surface area contributed by atoms with Gasteiger partial charge in [-0.25, -0.2) is 9.97 Å². The average molecular weight is 683 g/mol. The highest BCUT2D eigenvalue weighted by molar-refractivity contribution is 5.79. The molecule has 7 rings (SSSR count). The highest BCUT2D eigenvalue weighted by atomic mass is 16.5. The molecule has 0 aliphatic carbocycles. The molecule has 5 aromatic rings. The van der Waals surface area contributed by atoms with E-state index in [-0.39, 0.29) is 17.4 Å². The van der Waals surface area contributed by atoms with E-state index in [2.05, 4.69) is 31.9 Å². The molecule has 2 fully saturated rings. The molecule has 2 saturated heterocycles. The third-order valence-corrected chi connectivity index (χ3v) is 8.56. The SMILES string of the molecule is N#Cc1c(N2CCOCC2)cc(-c2ccccc2O)nc1N.N#Cc1c(N2CCOCC2)cc(-c2ccccc2OCc2ccccc2)nc1N. The van der Waals surface area contributed by atoms with Crippen LogP contribution in [0, 0.1) is 22.7 Å². The maximum Gasteiger partial charge on any atom is 0.144 e. The minimum Gasteiger partial charge on any atom is -0.507 e. The first kappa shape index (κ1) is 34.5. The van der Waals surface area contributed by atoms with Gasteiger partial charge in [0.15, 0.2) is 0 Å². The number of phenols is 1. The van der Waals surface area contributed by atoms with Gasteiger partial charge in [-0.15, -0.1) is 0 Å². The number of aromatic nitrogens is 2. The lowest BCUT2D eigenvalue weighted by atomic mass is 10.1. The number of anilines is 4. The number of phenolic OH excluding ortho intramolecular Hbond substituents is 1. The first-order valence-electron chi connectivity index (χ1n) is 16.6. The second-order valence-corrected chi connectivity index (χ2v) is 11.8. The van der Waals surface area contributed by atoms with Gasteiger partial charge in [0.05, 0.1) is 49.2 Å². The zero-order valence-corrected chi connectivity index (χ0v) is 28.0. The van der Waals surface area contributed by atoms with Crippen molar-refractivity contribution in [1.29, 1.82) is 10.5 Å². The Bertz CT molecular complexity index is 2050. The van der Waals surface area contributed by atoms with Crippen LogP contribution in [0.25, 0.3) is 22.5 Å². The molecule has 0 bridgehead atoms. The smallest absolute Gasteiger partial charge is 0.144 e. The van der Waals surface area contributed by atoms with Gasteiger partial charge in [-0.3, -0.25) is 0 Å². The van der Waals surface area contributed by atoms with Gasteiger partial charge in [0.2, 0.25) is 0 Å². The molecule has 0 unspecified atom stereocenters. The minimum atomic E-state index is 0.132. The molecule has 0 spiro atoms. The third-order valence-electron chi connectivity index (χ3n) is 8.56. The first-order chi connectivity index (χ1) is 25.0. The van der Waals surface area contributed by atoms with Crippen molar-refractivity contribution in [3.63, 3.8) is 0 Å². The van der Waals surface area contributed by atoms with Gasteiger partial charge in [-0.1, -0.05) is 54.6 Å². The lowest BCUT2D eigenvalue weighted by Crippen LogP contribution is -2.36. The van der Waals surface area contributed by atoms with Gasteiger partial charge in [-0.2, -0.15) is 10.5 Å². The van der Waals surface area contributed by atoms with Gasteiger partial charge in [0.1, 0.15) is 53.0 Å². The molecule has 3 aromatic carbocycles. The Kier molecular flexibility index (Phi) is 11.1. The Labute approximate surface area is 296 Å². The monoisotopic (exact) mass is 682 g/mol. The summed E-state index contributed by atoms with van der Waals surface area (Å²) in [6, 6.07) is 32.7. The van der Waals surface area contributed by atoms with E-state index in [0.717, 1.165) is 28.3 Å². The lowest BCUT2D eigenvalue weighted by Gasteiger charge is -2.30. The molecule has 51 heavy (non-hydrogen) atoms. The quantitative estimate of drug-likeness (QED) is 0.200. The number of pyridine rings is 2. The Hall–Kier alpha value is -6.34. The number of morpholine rings is 2. The van der Waals surface area contributed by atoms with Gasteiger partial charge in [0, 0.05) is 37.3 Å². The summed E-state index contributed by atoms with van der Waals surface area (Å²) >= 11 is 0. The number of benzene rings is 3. The van der Waals surface area contributed by atoms with Gasteiger partial charge in [-0.05, 0) is 42.0 Å². The number of ether oxygens (including phenoxy) is 3. The van der Waals surface area contributed by atoms with Crippen LogP contribution in [0.2, 0.25) is 0 Å². The van der Waals surface area contributed by atoms with Crippen molar-refractivity contribution in [2.45, 2.75) is 6.61 Å². The van der Waals surface area contributed by atoms with Crippen LogP contribution in [0.1, 0.15) is 16.7 Å². The number of rotatable bonds is 7. The van der Waals surface area contributed by atoms with Crippen LogP contribution >= 0.6 is 0 Å². The predicted octanol–water partition coefficient (Wildman–Crippen LogP) is 5.36. The van der Waals surface area contributed by atoms with E-state index in [4.69, 9.17) is 25.7 Å². The number of hydrogen-bond donors (Lipinski definition) is 3. The number of nitrogen functional groups attached to an aromatic ring is 2. The van der Waals surface area contributed by atoms with E-state index < -0.39 is 0 Å². The molecule has 0 saturated carbocycles. The van der Waals surface area contributed by atoms with Crippen LogP contribution in [0.15, 0.2) is 91.0 Å². The predicted molar refractivity (Wildman–Crippen MR) is 196 cm³/mol. The number of nitriles is 2. The highest BCUT2D eigenvalue weighted by Crippen LogP contribution is 2.36. The fourth-order valence-electron chi connectivity index (χ4n) is 5.94. The van der Waals surface area contributed by atoms with Crippen molar-refractivity contribution in [2.75, 3.05) is 73.9 Å². The second kappa shape index (κ2) is 16.4. The largest absolute Gasteiger partial charge is 0.507 e. The second-order valence-electron chi connectivity index (χ2n) is 11.8. The number of nitrogens with zero attached hydrogens (tertiary/aromatic N) is 6. The number of hydrogen-bond acceptors (Lipinski definition) is 12. The topological polar surface area (TPSA) is 180 Å². The lowest BCUT2D eigenvalue weighted by molar-refractivity contribution is 0.122. The summed E-state index contributed by atoms with van der Waals surface area (Å²) in [5.41, 5.74) is 18.2. The fourth-order valence-corrected chi connectivity index (χ4v) is 5.94. The van der Waals surface area contributed by atoms with Crippen LogP contribution < -0.4 is 26.0 Å². The molecule has 5 N–H and O–H groups in total. The van der Waals surface area contributed by atoms with Crippen molar-refractivity contribution in [3.8, 4) is 46.2 Å². The molecule has 12 nitrogen and oxygen atoms in total. The fraction of sp³-hybridized carbons (Fsp3) is 0.231. The van der Waals surface area contributed by atoms with E-state index in [1.807, 2.05) is 66.7 Å². The standard InChI is InChI=1S/C23H22N4O2.C16H16N4O2/c24-15-19-21(27-10-12-28-13-11-27)14-20(26-23(19)25)18-8-4-5-9-22(18)29-16-17-6-2-1-3-7-17;17-10-12-14(20-5-7-22-8-6-20)9-13(19-16(12)18)11-3-1-2-4-15(11)21/h1-9,14H,10-13,16H2,(H2,25,26);1-4,9,21H,5-8H2,(H2,18,19). The molecule has 2 aromatic heterocycles. The molecule has 4 heterocycles. The molecule has 12 heteroatoms. The van der Waals surface area contributed by atoms with E-state index in [1.54, 1.807) is 24.3 Å². The Balaban J connectivity index is 0.000000183. The molecular formula is C39H38N8O4. The zero-order valence-electron chi connectivity index (χ0n) is 28.0. The van der Waals surface area contributed by atoms with Gasteiger partial charge >= 0.3 is 0 Å². The first-order valence-corrected chi connectivity index (χ1v) is 16.6. The van der Waals surface area contributed by atoms with E-state index in [9.17, 15) is 15.6 Å². The Morgan fingerprint density at radius 2 is 1.14 bits per heavy atom. The molecule has 2 aliphatic heterocycles. The molecule has 258 valence electrons. The van der Waals surface area contributed by atoms with Crippen molar-refractivity contribution in [3.05, 3.63) is 108 Å². The number of aromatic hydroxyl groups is 1. The maximum atomic E-state index is 10.0. The molecule has 2 aliphatic rings. The van der Waals surface area contributed by atoms with E-state index >= 15 is 0 Å². The van der Waals surface area contributed by atoms with Crippen molar-refractivity contribution in [2.24, 2.45) is 0 Å².